The summed E-state index contributed by atoms with van der Waals surface area (Å²) in [5, 5.41) is 13.7. The minimum absolute atomic E-state index is 0.234. The van der Waals surface area contributed by atoms with Crippen molar-refractivity contribution in [1.82, 2.24) is 0 Å². The van der Waals surface area contributed by atoms with E-state index in [9.17, 15) is 5.21 Å². The number of hydroxylamine groups is 1. The average Bonchev–Trinajstić information content (AvgIpc) is 2.71. The van der Waals surface area contributed by atoms with Crippen LogP contribution in [0.25, 0.3) is 0 Å². The van der Waals surface area contributed by atoms with E-state index in [-0.39, 0.29) is 5.54 Å². The van der Waals surface area contributed by atoms with Gasteiger partial charge in [0.05, 0.1) is 5.56 Å². The Kier molecular flexibility index (Phi) is 3.91. The average molecular weight is 319 g/mol. The van der Waals surface area contributed by atoms with Crippen molar-refractivity contribution in [3.05, 3.63) is 76.5 Å². The second kappa shape index (κ2) is 6.08. The van der Waals surface area contributed by atoms with Crippen molar-refractivity contribution in [1.29, 1.82) is 0 Å². The number of hydrogen-bond donors (Lipinski definition) is 0. The molecule has 0 bridgehead atoms. The summed E-state index contributed by atoms with van der Waals surface area (Å²) in [5.41, 5.74) is 4.12. The lowest BCUT2D eigenvalue weighted by molar-refractivity contribution is -0.556. The van der Waals surface area contributed by atoms with Gasteiger partial charge in [-0.1, -0.05) is 49.7 Å². The second-order valence-corrected chi connectivity index (χ2v) is 7.49. The van der Waals surface area contributed by atoms with Gasteiger partial charge in [0.2, 0.25) is 5.71 Å². The van der Waals surface area contributed by atoms with Gasteiger partial charge in [-0.25, -0.2) is 0 Å². The molecule has 1 atom stereocenters. The largest absolute Gasteiger partial charge is 0.623 e. The molecule has 1 spiro atoms. The van der Waals surface area contributed by atoms with Gasteiger partial charge in [-0.2, -0.15) is 4.74 Å². The number of fused-ring (bicyclic) bond motifs is 1. The zero-order valence-corrected chi connectivity index (χ0v) is 14.4. The summed E-state index contributed by atoms with van der Waals surface area (Å²) in [4.78, 5) is 0. The van der Waals surface area contributed by atoms with Crippen molar-refractivity contribution in [3.8, 4) is 0 Å². The third-order valence-electron chi connectivity index (χ3n) is 5.90. The van der Waals surface area contributed by atoms with Gasteiger partial charge in [0, 0.05) is 24.8 Å². The fourth-order valence-corrected chi connectivity index (χ4v) is 4.74. The first-order valence-corrected chi connectivity index (χ1v) is 9.20. The smallest absolute Gasteiger partial charge is 0.226 e. The molecule has 0 radical (unpaired) electrons. The summed E-state index contributed by atoms with van der Waals surface area (Å²) in [6, 6.07) is 18.7. The third-order valence-corrected chi connectivity index (χ3v) is 5.90. The molecular formula is C22H25NO. The normalized spacial score (nSPS) is 23.0. The Morgan fingerprint density at radius 2 is 1.58 bits per heavy atom. The van der Waals surface area contributed by atoms with Crippen LogP contribution in [0.2, 0.25) is 0 Å². The Balaban J connectivity index is 1.98. The van der Waals surface area contributed by atoms with Crippen LogP contribution >= 0.6 is 0 Å². The molecule has 2 heteroatoms. The quantitative estimate of drug-likeness (QED) is 0.521. The van der Waals surface area contributed by atoms with Gasteiger partial charge in [-0.3, -0.25) is 0 Å². The first-order valence-electron chi connectivity index (χ1n) is 9.20. The Morgan fingerprint density at radius 1 is 0.917 bits per heavy atom. The first-order chi connectivity index (χ1) is 11.7. The molecule has 2 aliphatic rings. The minimum Gasteiger partial charge on any atom is -0.623 e. The van der Waals surface area contributed by atoms with E-state index < -0.39 is 0 Å². The fraction of sp³-hybridized carbons (Fsp3) is 0.409. The highest BCUT2D eigenvalue weighted by Gasteiger charge is 2.45. The summed E-state index contributed by atoms with van der Waals surface area (Å²) in [6.45, 7) is 2.29. The predicted octanol–water partition coefficient (Wildman–Crippen LogP) is 5.24. The molecule has 124 valence electrons. The van der Waals surface area contributed by atoms with E-state index >= 15 is 0 Å². The monoisotopic (exact) mass is 319 g/mol. The minimum atomic E-state index is -0.234. The van der Waals surface area contributed by atoms with Gasteiger partial charge in [0.25, 0.3) is 0 Å². The maximum Gasteiger partial charge on any atom is 0.226 e. The van der Waals surface area contributed by atoms with Crippen LogP contribution in [0.5, 0.6) is 0 Å². The van der Waals surface area contributed by atoms with E-state index in [1.807, 2.05) is 18.2 Å². The molecule has 2 aromatic rings. The lowest BCUT2D eigenvalue weighted by atomic mass is 9.75. The van der Waals surface area contributed by atoms with Crippen molar-refractivity contribution >= 4 is 5.71 Å². The van der Waals surface area contributed by atoms with Crippen LogP contribution in [0.1, 0.15) is 68.1 Å². The molecule has 1 aliphatic heterocycles. The van der Waals surface area contributed by atoms with Crippen LogP contribution in [0.4, 0.5) is 0 Å². The van der Waals surface area contributed by atoms with Crippen LogP contribution in [0, 0.1) is 5.21 Å². The third kappa shape index (κ3) is 2.45. The van der Waals surface area contributed by atoms with Gasteiger partial charge in [0.1, 0.15) is 0 Å². The number of benzene rings is 2. The Hall–Kier alpha value is -2.09. The van der Waals surface area contributed by atoms with Crippen molar-refractivity contribution < 1.29 is 4.74 Å². The number of hydrogen-bond acceptors (Lipinski definition) is 1. The van der Waals surface area contributed by atoms with Crippen LogP contribution in [0.15, 0.2) is 54.6 Å². The molecule has 1 unspecified atom stereocenters. The molecule has 0 amide bonds. The molecule has 24 heavy (non-hydrogen) atoms. The van der Waals surface area contributed by atoms with E-state index in [2.05, 4.69) is 43.3 Å². The highest BCUT2D eigenvalue weighted by Crippen LogP contribution is 2.42. The van der Waals surface area contributed by atoms with E-state index in [0.29, 0.717) is 5.92 Å². The van der Waals surface area contributed by atoms with Crippen molar-refractivity contribution in [3.63, 3.8) is 0 Å². The van der Waals surface area contributed by atoms with E-state index in [4.69, 9.17) is 0 Å². The van der Waals surface area contributed by atoms with Gasteiger partial charge in [0.15, 0.2) is 5.54 Å². The molecule has 1 heterocycles. The molecule has 1 saturated carbocycles. The lowest BCUT2D eigenvalue weighted by Crippen LogP contribution is -2.44. The zero-order chi connectivity index (χ0) is 16.6. The van der Waals surface area contributed by atoms with Gasteiger partial charge in [-0.05, 0) is 42.5 Å². The molecular weight excluding hydrogens is 294 g/mol. The number of nitrogens with zero attached hydrogens (tertiary/aromatic N) is 1. The number of rotatable bonds is 1. The predicted molar refractivity (Wildman–Crippen MR) is 98.6 cm³/mol. The van der Waals surface area contributed by atoms with Crippen molar-refractivity contribution in [2.45, 2.75) is 56.9 Å². The standard InChI is InChI=1S/C22H25NO/c1-17-16-22(14-8-3-9-15-22)23(24)21(18-10-4-2-5-11-18)20-13-7-6-12-19(17)20/h2,4-7,10-13,17H,3,8-9,14-16H2,1H3. The van der Waals surface area contributed by atoms with Crippen LogP contribution < -0.4 is 0 Å². The topological polar surface area (TPSA) is 26.1 Å². The lowest BCUT2D eigenvalue weighted by Gasteiger charge is -2.36. The van der Waals surface area contributed by atoms with E-state index in [0.717, 1.165) is 36.1 Å². The fourth-order valence-electron chi connectivity index (χ4n) is 4.74. The molecule has 4 rings (SSSR count). The van der Waals surface area contributed by atoms with Crippen LogP contribution in [0.3, 0.4) is 0 Å². The van der Waals surface area contributed by atoms with Crippen molar-refractivity contribution in [2.24, 2.45) is 0 Å². The van der Waals surface area contributed by atoms with Crippen molar-refractivity contribution in [2.75, 3.05) is 0 Å². The van der Waals surface area contributed by atoms with Crippen LogP contribution in [-0.4, -0.2) is 16.0 Å². The maximum atomic E-state index is 13.7. The second-order valence-electron chi connectivity index (χ2n) is 7.49. The first kappa shape index (κ1) is 15.4. The van der Waals surface area contributed by atoms with Gasteiger partial charge < -0.3 is 5.21 Å². The van der Waals surface area contributed by atoms with E-state index in [1.165, 1.54) is 29.6 Å². The Bertz CT molecular complexity index is 757. The molecule has 0 aromatic heterocycles. The Labute approximate surface area is 144 Å². The summed E-state index contributed by atoms with van der Waals surface area (Å²) in [7, 11) is 0. The maximum absolute atomic E-state index is 13.7. The molecule has 2 aromatic carbocycles. The molecule has 1 fully saturated rings. The van der Waals surface area contributed by atoms with Gasteiger partial charge >= 0.3 is 0 Å². The van der Waals surface area contributed by atoms with Crippen LogP contribution in [-0.2, 0) is 0 Å². The SMILES string of the molecule is CC1CC2(CCCCC2)[N+]([O-])=C(c2ccccc2)c2ccccc21. The molecule has 1 aliphatic carbocycles. The Morgan fingerprint density at radius 3 is 2.33 bits per heavy atom. The highest BCUT2D eigenvalue weighted by atomic mass is 16.5. The van der Waals surface area contributed by atoms with Gasteiger partial charge in [-0.15, -0.1) is 0 Å². The molecule has 2 nitrogen and oxygen atoms in total. The molecule has 0 N–H and O–H groups in total. The van der Waals surface area contributed by atoms with E-state index in [1.54, 1.807) is 0 Å². The zero-order valence-electron chi connectivity index (χ0n) is 14.4. The summed E-state index contributed by atoms with van der Waals surface area (Å²) >= 11 is 0. The summed E-state index contributed by atoms with van der Waals surface area (Å²) < 4.78 is 1.41. The summed E-state index contributed by atoms with van der Waals surface area (Å²) in [6.07, 6.45) is 6.60. The summed E-state index contributed by atoms with van der Waals surface area (Å²) in [5.74, 6) is 0.414. The molecule has 0 saturated heterocycles. The highest BCUT2D eigenvalue weighted by molar-refractivity contribution is 6.11.